The molecule has 4 aliphatic rings. The molecule has 2 aliphatic heterocycles. The lowest BCUT2D eigenvalue weighted by Crippen LogP contribution is -2.36. The molecule has 0 aromatic heterocycles. The number of methoxy groups -OCH3 is 8. The lowest BCUT2D eigenvalue weighted by atomic mass is 9.77. The van der Waals surface area contributed by atoms with Gasteiger partial charge in [0.1, 0.15) is 0 Å². The van der Waals surface area contributed by atoms with Gasteiger partial charge < -0.3 is 57.5 Å². The number of carbonyl (C=O) groups is 2. The number of amides is 2. The molecule has 2 aliphatic carbocycles. The Bertz CT molecular complexity index is 2240. The largest absolute Gasteiger partial charge is 0.493 e. The van der Waals surface area contributed by atoms with Crippen LogP contribution >= 0.6 is 0 Å². The Hall–Kier alpha value is -5.86. The smallest absolute Gasteiger partial charge is 0.227 e. The maximum Gasteiger partial charge on any atom is 0.227 e. The highest BCUT2D eigenvalue weighted by molar-refractivity contribution is 5.81. The number of hydrogen-bond acceptors (Lipinski definition) is 12. The van der Waals surface area contributed by atoms with Gasteiger partial charge in [0, 0.05) is 51.1 Å². The first-order valence-corrected chi connectivity index (χ1v) is 23.8. The summed E-state index contributed by atoms with van der Waals surface area (Å²) in [5.74, 6) is 7.38. The summed E-state index contributed by atoms with van der Waals surface area (Å²) < 4.78 is 43.5. The molecular weight excluding hydrogens is 865 g/mol. The molecule has 0 radical (unpaired) electrons. The van der Waals surface area contributed by atoms with Crippen LogP contribution in [0.3, 0.4) is 0 Å². The van der Waals surface area contributed by atoms with Crippen LogP contribution < -0.4 is 37.9 Å². The monoisotopic (exact) mass is 937 g/mol. The fraction of sp³-hybridized carbons (Fsp3) is 0.519. The van der Waals surface area contributed by atoms with Gasteiger partial charge in [-0.2, -0.15) is 0 Å². The van der Waals surface area contributed by atoms with Gasteiger partial charge in [-0.25, -0.2) is 0 Å². The zero-order chi connectivity index (χ0) is 48.5. The number of rotatable bonds is 20. The average molecular weight is 937 g/mol. The minimum absolute atomic E-state index is 0.183. The molecule has 0 bridgehead atoms. The third kappa shape index (κ3) is 11.3. The topological polar surface area (TPSA) is 121 Å². The molecule has 368 valence electrons. The Morgan fingerprint density at radius 1 is 0.441 bits per heavy atom. The first-order valence-electron chi connectivity index (χ1n) is 23.8. The van der Waals surface area contributed by atoms with Crippen LogP contribution in [0, 0.1) is 0 Å². The second-order valence-electron chi connectivity index (χ2n) is 18.4. The van der Waals surface area contributed by atoms with Crippen molar-refractivity contribution in [1.29, 1.82) is 0 Å². The van der Waals surface area contributed by atoms with E-state index < -0.39 is 0 Å². The maximum atomic E-state index is 12.9. The van der Waals surface area contributed by atoms with Gasteiger partial charge in [0.15, 0.2) is 46.0 Å². The van der Waals surface area contributed by atoms with Crippen molar-refractivity contribution in [2.75, 3.05) is 123 Å². The number of carbonyl (C=O) groups excluding carboxylic acids is 2. The molecule has 14 heteroatoms. The van der Waals surface area contributed by atoms with E-state index in [4.69, 9.17) is 37.9 Å². The van der Waals surface area contributed by atoms with Crippen LogP contribution in [0.1, 0.15) is 69.2 Å². The predicted octanol–water partition coefficient (Wildman–Crippen LogP) is 6.62. The van der Waals surface area contributed by atoms with E-state index in [1.54, 1.807) is 56.9 Å². The van der Waals surface area contributed by atoms with Crippen molar-refractivity contribution < 1.29 is 47.5 Å². The second kappa shape index (κ2) is 23.0. The fourth-order valence-electron chi connectivity index (χ4n) is 10.3. The molecule has 68 heavy (non-hydrogen) atoms. The highest BCUT2D eigenvalue weighted by Crippen LogP contribution is 2.44. The highest BCUT2D eigenvalue weighted by atomic mass is 16.5. The van der Waals surface area contributed by atoms with Gasteiger partial charge in [0.05, 0.1) is 69.7 Å². The van der Waals surface area contributed by atoms with Gasteiger partial charge in [0.2, 0.25) is 11.8 Å². The van der Waals surface area contributed by atoms with Crippen molar-refractivity contribution in [2.24, 2.45) is 0 Å². The van der Waals surface area contributed by atoms with Crippen molar-refractivity contribution in [3.8, 4) is 46.0 Å². The van der Waals surface area contributed by atoms with Gasteiger partial charge in [-0.15, -0.1) is 0 Å². The Morgan fingerprint density at radius 3 is 1.06 bits per heavy atom. The average Bonchev–Trinajstić information content (AvgIpc) is 3.59. The summed E-state index contributed by atoms with van der Waals surface area (Å²) in [4.78, 5) is 34.6. The molecule has 0 unspecified atom stereocenters. The molecular formula is C54H72N4O10. The van der Waals surface area contributed by atoms with Crippen LogP contribution in [0.15, 0.2) is 48.5 Å². The van der Waals surface area contributed by atoms with E-state index in [2.05, 4.69) is 48.2 Å². The molecule has 0 N–H and O–H groups in total. The van der Waals surface area contributed by atoms with Crippen molar-refractivity contribution in [2.45, 2.75) is 63.2 Å². The molecule has 2 heterocycles. The third-order valence-corrected chi connectivity index (χ3v) is 14.2. The summed E-state index contributed by atoms with van der Waals surface area (Å²) in [7, 11) is 17.6. The summed E-state index contributed by atoms with van der Waals surface area (Å²) >= 11 is 0. The van der Waals surface area contributed by atoms with Gasteiger partial charge >= 0.3 is 0 Å². The van der Waals surface area contributed by atoms with Crippen molar-refractivity contribution in [1.82, 2.24) is 19.6 Å². The Morgan fingerprint density at radius 2 is 0.735 bits per heavy atom. The lowest BCUT2D eigenvalue weighted by molar-refractivity contribution is -0.131. The first-order chi connectivity index (χ1) is 32.9. The Kier molecular flexibility index (Phi) is 16.9. The molecule has 0 spiro atoms. The van der Waals surface area contributed by atoms with Gasteiger partial charge in [-0.1, -0.05) is 0 Å². The van der Waals surface area contributed by atoms with Crippen LogP contribution in [-0.2, 0) is 48.1 Å². The van der Waals surface area contributed by atoms with E-state index in [0.29, 0.717) is 36.2 Å². The van der Waals surface area contributed by atoms with Crippen LogP contribution in [-0.4, -0.2) is 155 Å². The molecule has 2 amide bonds. The van der Waals surface area contributed by atoms with Crippen molar-refractivity contribution >= 4 is 11.8 Å². The standard InChI is InChI=1S/2C27H36N2O5/c2*1-28(17-21-11-20-14-25(33-4)26(34-5)16-22(20)21)8-6-9-29-10-7-18-12-23(31-2)24(32-3)13-19(18)15-27(29)30/h2*12-14,16,21H,6-11,15,17H2,1-5H3/t2*21-/m11/s1. The lowest BCUT2D eigenvalue weighted by Gasteiger charge is -2.34. The van der Waals surface area contributed by atoms with E-state index in [0.717, 1.165) is 137 Å². The number of nitrogens with zero attached hydrogens (tertiary/aromatic N) is 4. The summed E-state index contributed by atoms with van der Waals surface area (Å²) in [5, 5.41) is 0. The summed E-state index contributed by atoms with van der Waals surface area (Å²) in [6, 6.07) is 16.4. The number of likely N-dealkylation sites (N-methyl/N-ethyl adjacent to an activating group) is 2. The zero-order valence-electron chi connectivity index (χ0n) is 42.0. The van der Waals surface area contributed by atoms with E-state index in [1.807, 2.05) is 34.1 Å². The zero-order valence-corrected chi connectivity index (χ0v) is 42.0. The molecule has 0 saturated heterocycles. The Balaban J connectivity index is 0.000000201. The van der Waals surface area contributed by atoms with E-state index >= 15 is 0 Å². The minimum Gasteiger partial charge on any atom is -0.493 e. The highest BCUT2D eigenvalue weighted by Gasteiger charge is 2.31. The number of ether oxygens (including phenoxy) is 8. The molecule has 8 rings (SSSR count). The molecule has 4 aromatic carbocycles. The molecule has 4 aromatic rings. The maximum absolute atomic E-state index is 12.9. The Labute approximate surface area is 403 Å². The molecule has 14 nitrogen and oxygen atoms in total. The predicted molar refractivity (Wildman–Crippen MR) is 263 cm³/mol. The molecule has 2 atom stereocenters. The van der Waals surface area contributed by atoms with Gasteiger partial charge in [-0.05, 0) is 159 Å². The van der Waals surface area contributed by atoms with Crippen LogP contribution in [0.25, 0.3) is 0 Å². The fourth-order valence-corrected chi connectivity index (χ4v) is 10.3. The van der Waals surface area contributed by atoms with E-state index in [9.17, 15) is 9.59 Å². The van der Waals surface area contributed by atoms with Crippen LogP contribution in [0.5, 0.6) is 46.0 Å². The summed E-state index contributed by atoms with van der Waals surface area (Å²) in [5.41, 5.74) is 9.82. The number of benzene rings is 4. The third-order valence-electron chi connectivity index (χ3n) is 14.2. The normalized spacial score (nSPS) is 16.9. The number of fused-ring (bicyclic) bond motifs is 4. The SMILES string of the molecule is COc1cc2c(cc1OC)CC(=O)N(CCCN(C)C[C@H]1Cc3cc(OC)c(OC)cc31)CC2.COc1cc2c(cc1OC)CC(=O)N(CCCN(C)C[C@H]1Cc3cc(OC)c(OC)cc31)CC2. The van der Waals surface area contributed by atoms with E-state index in [-0.39, 0.29) is 11.8 Å². The number of hydrogen-bond donors (Lipinski definition) is 0. The summed E-state index contributed by atoms with van der Waals surface area (Å²) in [6.07, 6.45) is 6.54. The van der Waals surface area contributed by atoms with Crippen molar-refractivity contribution in [3.63, 3.8) is 0 Å². The molecule has 0 saturated carbocycles. The van der Waals surface area contributed by atoms with Crippen molar-refractivity contribution in [3.05, 3.63) is 93.0 Å². The van der Waals surface area contributed by atoms with Gasteiger partial charge in [0.25, 0.3) is 0 Å². The first kappa shape index (κ1) is 50.0. The van der Waals surface area contributed by atoms with E-state index in [1.165, 1.54) is 33.4 Å². The van der Waals surface area contributed by atoms with Crippen LogP contribution in [0.4, 0.5) is 0 Å². The van der Waals surface area contributed by atoms with Gasteiger partial charge in [-0.3, -0.25) is 9.59 Å². The van der Waals surface area contributed by atoms with Crippen LogP contribution in [0.2, 0.25) is 0 Å². The minimum atomic E-state index is 0.183. The second-order valence-corrected chi connectivity index (χ2v) is 18.4. The molecule has 0 fully saturated rings. The quantitative estimate of drug-likeness (QED) is 0.0948. The summed E-state index contributed by atoms with van der Waals surface area (Å²) in [6.45, 7) is 6.94.